The number of likely N-dealkylation sites (tertiary alicyclic amines) is 1. The molecule has 0 bridgehead atoms. The van der Waals surface area contributed by atoms with Crippen molar-refractivity contribution < 1.29 is 19.1 Å². The Labute approximate surface area is 171 Å². The van der Waals surface area contributed by atoms with Gasteiger partial charge in [-0.2, -0.15) is 5.26 Å². The number of anilines is 1. The van der Waals surface area contributed by atoms with Gasteiger partial charge in [-0.15, -0.1) is 0 Å². The van der Waals surface area contributed by atoms with Crippen molar-refractivity contribution in [3.63, 3.8) is 0 Å². The molecule has 1 aliphatic heterocycles. The number of amides is 2. The quantitative estimate of drug-likeness (QED) is 0.336. The van der Waals surface area contributed by atoms with Crippen LogP contribution >= 0.6 is 0 Å². The number of nitrogens with one attached hydrogen (secondary N) is 2. The zero-order chi connectivity index (χ0) is 21.1. The van der Waals surface area contributed by atoms with Crippen LogP contribution in [0.1, 0.15) is 33.1 Å². The average molecular weight is 400 g/mol. The molecule has 0 unspecified atom stereocenters. The van der Waals surface area contributed by atoms with Gasteiger partial charge in [0.15, 0.2) is 11.5 Å². The fourth-order valence-electron chi connectivity index (χ4n) is 2.95. The molecule has 1 aliphatic rings. The summed E-state index contributed by atoms with van der Waals surface area (Å²) in [6.45, 7) is 6.60. The van der Waals surface area contributed by atoms with Crippen LogP contribution in [-0.4, -0.2) is 49.6 Å². The van der Waals surface area contributed by atoms with Crippen LogP contribution < -0.4 is 20.1 Å². The lowest BCUT2D eigenvalue weighted by atomic mass is 10.2. The highest BCUT2D eigenvalue weighted by Gasteiger charge is 2.19. The molecule has 0 aromatic heterocycles. The minimum absolute atomic E-state index is 0.0332. The standard InChI is InChI=1S/C21H28N4O4/c1-3-28-18-9-8-17(13-19(18)29-4-2)24-15-16(14-22)21(27)23-10-6-12-25-11-5-7-20(25)26/h8-9,13,15,24H,3-7,10-12H2,1-2H3,(H,23,27)/b16-15-. The second kappa shape index (κ2) is 11.6. The van der Waals surface area contributed by atoms with Crippen molar-refractivity contribution in [1.82, 2.24) is 10.2 Å². The third-order valence-corrected chi connectivity index (χ3v) is 4.35. The molecule has 29 heavy (non-hydrogen) atoms. The van der Waals surface area contributed by atoms with Crippen molar-refractivity contribution in [3.8, 4) is 17.6 Å². The Hall–Kier alpha value is -3.21. The van der Waals surface area contributed by atoms with Crippen LogP contribution in [0.2, 0.25) is 0 Å². The Morgan fingerprint density at radius 1 is 1.28 bits per heavy atom. The number of carbonyl (C=O) groups is 2. The smallest absolute Gasteiger partial charge is 0.263 e. The number of hydrogen-bond acceptors (Lipinski definition) is 6. The summed E-state index contributed by atoms with van der Waals surface area (Å²) in [5.41, 5.74) is 0.638. The van der Waals surface area contributed by atoms with Crippen LogP contribution in [0.25, 0.3) is 0 Å². The van der Waals surface area contributed by atoms with Crippen LogP contribution in [-0.2, 0) is 9.59 Å². The zero-order valence-corrected chi connectivity index (χ0v) is 17.0. The molecule has 0 radical (unpaired) electrons. The molecule has 1 aromatic rings. The third-order valence-electron chi connectivity index (χ3n) is 4.35. The molecule has 1 saturated heterocycles. The van der Waals surface area contributed by atoms with E-state index in [1.807, 2.05) is 19.9 Å². The molecular weight excluding hydrogens is 372 g/mol. The fraction of sp³-hybridized carbons (Fsp3) is 0.476. The topological polar surface area (TPSA) is 104 Å². The normalized spacial score (nSPS) is 13.8. The van der Waals surface area contributed by atoms with Crippen molar-refractivity contribution in [1.29, 1.82) is 5.26 Å². The van der Waals surface area contributed by atoms with Gasteiger partial charge in [0.25, 0.3) is 5.91 Å². The van der Waals surface area contributed by atoms with Crippen LogP contribution in [0.5, 0.6) is 11.5 Å². The number of hydrogen-bond donors (Lipinski definition) is 2. The summed E-state index contributed by atoms with van der Waals surface area (Å²) in [6, 6.07) is 7.21. The Morgan fingerprint density at radius 3 is 2.69 bits per heavy atom. The van der Waals surface area contributed by atoms with E-state index >= 15 is 0 Å². The van der Waals surface area contributed by atoms with Gasteiger partial charge in [0.05, 0.1) is 13.2 Å². The SMILES string of the molecule is CCOc1ccc(N/C=C(/C#N)C(=O)NCCCN2CCCC2=O)cc1OCC. The Kier molecular flexibility index (Phi) is 8.83. The van der Waals surface area contributed by atoms with Gasteiger partial charge in [-0.3, -0.25) is 9.59 Å². The minimum Gasteiger partial charge on any atom is -0.490 e. The highest BCUT2D eigenvalue weighted by molar-refractivity contribution is 5.97. The number of benzene rings is 1. The second-order valence-electron chi connectivity index (χ2n) is 6.44. The van der Waals surface area contributed by atoms with E-state index in [0.29, 0.717) is 56.3 Å². The first-order chi connectivity index (χ1) is 14.1. The summed E-state index contributed by atoms with van der Waals surface area (Å²) in [5.74, 6) is 0.939. The van der Waals surface area contributed by atoms with Gasteiger partial charge in [0, 0.05) is 44.0 Å². The van der Waals surface area contributed by atoms with Crippen LogP contribution in [0.15, 0.2) is 30.0 Å². The van der Waals surface area contributed by atoms with Gasteiger partial charge in [0.2, 0.25) is 5.91 Å². The maximum absolute atomic E-state index is 12.2. The van der Waals surface area contributed by atoms with Gasteiger partial charge in [-0.05, 0) is 38.8 Å². The highest BCUT2D eigenvalue weighted by Crippen LogP contribution is 2.30. The lowest BCUT2D eigenvalue weighted by Gasteiger charge is -2.15. The first kappa shape index (κ1) is 22.1. The lowest BCUT2D eigenvalue weighted by Crippen LogP contribution is -2.31. The Balaban J connectivity index is 1.88. The van der Waals surface area contributed by atoms with Crippen molar-refractivity contribution in [2.75, 3.05) is 38.2 Å². The average Bonchev–Trinajstić information content (AvgIpc) is 3.12. The second-order valence-corrected chi connectivity index (χ2v) is 6.44. The molecular formula is C21H28N4O4. The van der Waals surface area contributed by atoms with Crippen molar-refractivity contribution in [2.24, 2.45) is 0 Å². The van der Waals surface area contributed by atoms with E-state index < -0.39 is 5.91 Å². The Bertz CT molecular complexity index is 785. The summed E-state index contributed by atoms with van der Waals surface area (Å²) in [5, 5.41) is 14.9. The van der Waals surface area contributed by atoms with E-state index in [1.165, 1.54) is 6.20 Å². The largest absolute Gasteiger partial charge is 0.490 e. The van der Waals surface area contributed by atoms with Gasteiger partial charge in [-0.1, -0.05) is 0 Å². The van der Waals surface area contributed by atoms with E-state index in [2.05, 4.69) is 10.6 Å². The summed E-state index contributed by atoms with van der Waals surface area (Å²) in [6.07, 6.45) is 3.52. The summed E-state index contributed by atoms with van der Waals surface area (Å²) in [4.78, 5) is 25.6. The van der Waals surface area contributed by atoms with Crippen molar-refractivity contribution in [3.05, 3.63) is 30.0 Å². The maximum Gasteiger partial charge on any atom is 0.263 e. The zero-order valence-electron chi connectivity index (χ0n) is 17.0. The number of ether oxygens (including phenoxy) is 2. The highest BCUT2D eigenvalue weighted by atomic mass is 16.5. The van der Waals surface area contributed by atoms with Crippen LogP contribution in [0.3, 0.4) is 0 Å². The van der Waals surface area contributed by atoms with Crippen LogP contribution in [0, 0.1) is 11.3 Å². The van der Waals surface area contributed by atoms with E-state index in [1.54, 1.807) is 23.1 Å². The first-order valence-electron chi connectivity index (χ1n) is 9.91. The van der Waals surface area contributed by atoms with E-state index in [4.69, 9.17) is 9.47 Å². The molecule has 2 amide bonds. The monoisotopic (exact) mass is 400 g/mol. The predicted octanol–water partition coefficient (Wildman–Crippen LogP) is 2.43. The minimum atomic E-state index is -0.455. The molecule has 8 heteroatoms. The van der Waals surface area contributed by atoms with Gasteiger partial charge in [0.1, 0.15) is 11.6 Å². The van der Waals surface area contributed by atoms with E-state index in [9.17, 15) is 14.9 Å². The number of nitrogens with zero attached hydrogens (tertiary/aromatic N) is 2. The van der Waals surface area contributed by atoms with Gasteiger partial charge < -0.3 is 25.0 Å². The molecule has 2 rings (SSSR count). The molecule has 0 aliphatic carbocycles. The van der Waals surface area contributed by atoms with E-state index in [0.717, 1.165) is 13.0 Å². The summed E-state index contributed by atoms with van der Waals surface area (Å²) < 4.78 is 11.1. The van der Waals surface area contributed by atoms with Crippen molar-refractivity contribution >= 4 is 17.5 Å². The predicted molar refractivity (Wildman–Crippen MR) is 110 cm³/mol. The third kappa shape index (κ3) is 6.71. The van der Waals surface area contributed by atoms with Crippen molar-refractivity contribution in [2.45, 2.75) is 33.1 Å². The van der Waals surface area contributed by atoms with Gasteiger partial charge in [-0.25, -0.2) is 0 Å². The number of carbonyl (C=O) groups excluding carboxylic acids is 2. The molecule has 0 atom stereocenters. The molecule has 1 aromatic carbocycles. The van der Waals surface area contributed by atoms with Crippen LogP contribution in [0.4, 0.5) is 5.69 Å². The first-order valence-corrected chi connectivity index (χ1v) is 9.91. The van der Waals surface area contributed by atoms with E-state index in [-0.39, 0.29) is 11.5 Å². The summed E-state index contributed by atoms with van der Waals surface area (Å²) in [7, 11) is 0. The fourth-order valence-corrected chi connectivity index (χ4v) is 2.95. The summed E-state index contributed by atoms with van der Waals surface area (Å²) >= 11 is 0. The molecule has 0 spiro atoms. The molecule has 2 N–H and O–H groups in total. The molecule has 1 fully saturated rings. The van der Waals surface area contributed by atoms with Gasteiger partial charge >= 0.3 is 0 Å². The molecule has 0 saturated carbocycles. The Morgan fingerprint density at radius 2 is 2.03 bits per heavy atom. The molecule has 156 valence electrons. The molecule has 1 heterocycles. The molecule has 8 nitrogen and oxygen atoms in total. The maximum atomic E-state index is 12.2. The number of nitriles is 1. The lowest BCUT2D eigenvalue weighted by molar-refractivity contribution is -0.127. The number of rotatable bonds is 11.